The Morgan fingerprint density at radius 1 is 1.30 bits per heavy atom. The summed E-state index contributed by atoms with van der Waals surface area (Å²) < 4.78 is 30.5. The van der Waals surface area contributed by atoms with Crippen LogP contribution in [0.1, 0.15) is 31.6 Å². The van der Waals surface area contributed by atoms with Crippen molar-refractivity contribution >= 4 is 16.5 Å². The quantitative estimate of drug-likeness (QED) is 0.706. The molecule has 1 aliphatic heterocycles. The number of likely N-dealkylation sites (tertiary alicyclic amines) is 1. The first-order chi connectivity index (χ1) is 11.0. The first-order valence-electron chi connectivity index (χ1n) is 7.82. The average molecular weight is 340 g/mol. The van der Waals surface area contributed by atoms with E-state index in [-0.39, 0.29) is 6.04 Å². The summed E-state index contributed by atoms with van der Waals surface area (Å²) in [7, 11) is -3.19. The van der Waals surface area contributed by atoms with E-state index in [1.54, 1.807) is 4.31 Å². The maximum absolute atomic E-state index is 11.8. The second kappa shape index (κ2) is 7.90. The largest absolute Gasteiger partial charge is 0.444 e. The van der Waals surface area contributed by atoms with Crippen molar-refractivity contribution < 1.29 is 17.9 Å². The van der Waals surface area contributed by atoms with E-state index < -0.39 is 16.3 Å². The van der Waals surface area contributed by atoms with Crippen LogP contribution in [0.5, 0.6) is 0 Å². The summed E-state index contributed by atoms with van der Waals surface area (Å²) >= 11 is 0. The van der Waals surface area contributed by atoms with Crippen molar-refractivity contribution in [3.63, 3.8) is 0 Å². The summed E-state index contributed by atoms with van der Waals surface area (Å²) in [5.74, 6) is 0. The predicted octanol–water partition coefficient (Wildman–Crippen LogP) is 1.60. The maximum atomic E-state index is 11.8. The van der Waals surface area contributed by atoms with E-state index in [9.17, 15) is 13.2 Å². The van der Waals surface area contributed by atoms with Crippen LogP contribution in [-0.4, -0.2) is 56.0 Å². The predicted molar refractivity (Wildman–Crippen MR) is 88.2 cm³/mol. The molecule has 0 radical (unpaired) electrons. The Balaban J connectivity index is 2.06. The van der Waals surface area contributed by atoms with Crippen LogP contribution in [0.4, 0.5) is 0 Å². The fraction of sp³-hybridized carbons (Fsp3) is 0.562. The molecule has 1 aliphatic rings. The minimum Gasteiger partial charge on any atom is -0.444 e. The van der Waals surface area contributed by atoms with Gasteiger partial charge in [-0.15, -0.1) is 0 Å². The molecule has 0 N–H and O–H groups in total. The maximum Gasteiger partial charge on any atom is 0.294 e. The number of hydrogen-bond donors (Lipinski definition) is 0. The topological polar surface area (TPSA) is 66.9 Å². The molecule has 1 fully saturated rings. The van der Waals surface area contributed by atoms with Gasteiger partial charge in [-0.1, -0.05) is 37.3 Å². The van der Waals surface area contributed by atoms with Gasteiger partial charge >= 0.3 is 0 Å². The molecule has 1 saturated heterocycles. The van der Waals surface area contributed by atoms with E-state index in [1.807, 2.05) is 37.3 Å². The smallest absolute Gasteiger partial charge is 0.294 e. The molecular formula is C16H24N2O4S. The molecule has 1 aromatic carbocycles. The molecule has 6 nitrogen and oxygen atoms in total. The van der Waals surface area contributed by atoms with Gasteiger partial charge in [0, 0.05) is 31.2 Å². The molecule has 0 aromatic heterocycles. The second-order valence-corrected chi connectivity index (χ2v) is 7.66. The molecule has 1 aromatic rings. The van der Waals surface area contributed by atoms with Crippen LogP contribution >= 0.6 is 0 Å². The second-order valence-electron chi connectivity index (χ2n) is 5.73. The molecule has 1 atom stereocenters. The number of hydrogen-bond acceptors (Lipinski definition) is 5. The first-order valence-corrected chi connectivity index (χ1v) is 9.67. The Hall–Kier alpha value is -1.44. The number of nitrogens with zero attached hydrogens (tertiary/aromatic N) is 2. The third-order valence-electron chi connectivity index (χ3n) is 4.24. The van der Waals surface area contributed by atoms with Crippen LogP contribution in [0, 0.1) is 0 Å². The minimum absolute atomic E-state index is 0.0129. The number of sulfonamides is 1. The molecule has 7 heteroatoms. The van der Waals surface area contributed by atoms with Crippen LogP contribution in [0.2, 0.25) is 0 Å². The normalized spacial score (nSPS) is 18.7. The van der Waals surface area contributed by atoms with Crippen molar-refractivity contribution in [1.82, 2.24) is 9.21 Å². The van der Waals surface area contributed by atoms with Crippen molar-refractivity contribution in [3.05, 3.63) is 35.9 Å². The van der Waals surface area contributed by atoms with Crippen molar-refractivity contribution in [3.8, 4) is 0 Å². The summed E-state index contributed by atoms with van der Waals surface area (Å²) in [5.41, 5.74) is 0.925. The van der Waals surface area contributed by atoms with E-state index in [0.29, 0.717) is 26.1 Å². The SMILES string of the molecule is CCN(C1CCN(C(OC=O)c2ccccc2)CC1)S(C)(=O)=O. The fourth-order valence-corrected chi connectivity index (χ4v) is 4.44. The molecule has 0 aliphatic carbocycles. The van der Waals surface area contributed by atoms with Crippen LogP contribution in [-0.2, 0) is 19.6 Å². The van der Waals surface area contributed by atoms with Crippen molar-refractivity contribution in [1.29, 1.82) is 0 Å². The summed E-state index contributed by atoms with van der Waals surface area (Å²) in [5, 5.41) is 0. The third-order valence-corrected chi connectivity index (χ3v) is 5.65. The number of benzene rings is 1. The average Bonchev–Trinajstić information content (AvgIpc) is 2.54. The van der Waals surface area contributed by atoms with Crippen LogP contribution in [0.3, 0.4) is 0 Å². The highest BCUT2D eigenvalue weighted by Gasteiger charge is 2.32. The Labute approximate surface area is 138 Å². The first kappa shape index (κ1) is 17.9. The molecule has 0 bridgehead atoms. The van der Waals surface area contributed by atoms with Gasteiger partial charge in [-0.05, 0) is 12.8 Å². The molecular weight excluding hydrogens is 316 g/mol. The lowest BCUT2D eigenvalue weighted by atomic mass is 10.0. The van der Waals surface area contributed by atoms with Gasteiger partial charge in [-0.25, -0.2) is 8.42 Å². The molecule has 1 heterocycles. The van der Waals surface area contributed by atoms with Crippen LogP contribution < -0.4 is 0 Å². The van der Waals surface area contributed by atoms with Crippen molar-refractivity contribution in [2.45, 2.75) is 32.0 Å². The zero-order chi connectivity index (χ0) is 16.9. The molecule has 2 rings (SSSR count). The molecule has 0 saturated carbocycles. The van der Waals surface area contributed by atoms with Crippen molar-refractivity contribution in [2.24, 2.45) is 0 Å². The standard InChI is InChI=1S/C16H24N2O4S/c1-3-18(23(2,20)21)15-9-11-17(12-10-15)16(22-13-19)14-7-5-4-6-8-14/h4-8,13,15-16H,3,9-12H2,1-2H3. The molecule has 0 amide bonds. The lowest BCUT2D eigenvalue weighted by Crippen LogP contribution is -2.48. The highest BCUT2D eigenvalue weighted by atomic mass is 32.2. The van der Waals surface area contributed by atoms with Gasteiger partial charge in [0.15, 0.2) is 6.23 Å². The van der Waals surface area contributed by atoms with E-state index in [1.165, 1.54) is 6.26 Å². The molecule has 23 heavy (non-hydrogen) atoms. The van der Waals surface area contributed by atoms with E-state index in [4.69, 9.17) is 4.74 Å². The van der Waals surface area contributed by atoms with E-state index in [0.717, 1.165) is 18.4 Å². The van der Waals surface area contributed by atoms with Gasteiger partial charge in [0.2, 0.25) is 10.0 Å². The Morgan fingerprint density at radius 2 is 1.91 bits per heavy atom. The van der Waals surface area contributed by atoms with Gasteiger partial charge < -0.3 is 4.74 Å². The lowest BCUT2D eigenvalue weighted by Gasteiger charge is -2.39. The van der Waals surface area contributed by atoms with Gasteiger partial charge in [0.25, 0.3) is 6.47 Å². The molecule has 1 unspecified atom stereocenters. The zero-order valence-corrected chi connectivity index (χ0v) is 14.4. The number of carbonyl (C=O) groups is 1. The number of ether oxygens (including phenoxy) is 1. The Bertz CT molecular complexity index is 598. The lowest BCUT2D eigenvalue weighted by molar-refractivity contribution is -0.145. The fourth-order valence-electron chi connectivity index (χ4n) is 3.22. The Kier molecular flexibility index (Phi) is 6.15. The highest BCUT2D eigenvalue weighted by molar-refractivity contribution is 7.88. The zero-order valence-electron chi connectivity index (χ0n) is 13.6. The van der Waals surface area contributed by atoms with Crippen LogP contribution in [0.25, 0.3) is 0 Å². The summed E-state index contributed by atoms with van der Waals surface area (Å²) in [6, 6.07) is 9.60. The number of piperidine rings is 1. The summed E-state index contributed by atoms with van der Waals surface area (Å²) in [6.45, 7) is 4.18. The Morgan fingerprint density at radius 3 is 2.39 bits per heavy atom. The van der Waals surface area contributed by atoms with Crippen molar-refractivity contribution in [2.75, 3.05) is 25.9 Å². The van der Waals surface area contributed by atoms with Crippen LogP contribution in [0.15, 0.2) is 30.3 Å². The number of rotatable bonds is 7. The summed E-state index contributed by atoms with van der Waals surface area (Å²) in [6.07, 6.45) is 2.30. The molecule has 0 spiro atoms. The van der Waals surface area contributed by atoms with E-state index in [2.05, 4.69) is 4.90 Å². The van der Waals surface area contributed by atoms with Gasteiger partial charge in [0.1, 0.15) is 0 Å². The molecule has 128 valence electrons. The number of carbonyl (C=O) groups excluding carboxylic acids is 1. The van der Waals surface area contributed by atoms with Gasteiger partial charge in [-0.2, -0.15) is 4.31 Å². The third kappa shape index (κ3) is 4.53. The monoisotopic (exact) mass is 340 g/mol. The van der Waals surface area contributed by atoms with Gasteiger partial charge in [-0.3, -0.25) is 9.69 Å². The minimum atomic E-state index is -3.19. The summed E-state index contributed by atoms with van der Waals surface area (Å²) in [4.78, 5) is 12.9. The van der Waals surface area contributed by atoms with Gasteiger partial charge in [0.05, 0.1) is 6.26 Å². The van der Waals surface area contributed by atoms with E-state index >= 15 is 0 Å². The highest BCUT2D eigenvalue weighted by Crippen LogP contribution is 2.27.